The normalized spacial score (nSPS) is 24.2. The summed E-state index contributed by atoms with van der Waals surface area (Å²) in [5.41, 5.74) is 0.875. The quantitative estimate of drug-likeness (QED) is 0.832. The van der Waals surface area contributed by atoms with Crippen LogP contribution in [0.25, 0.3) is 0 Å². The van der Waals surface area contributed by atoms with Crippen LogP contribution in [0, 0.1) is 0 Å². The van der Waals surface area contributed by atoms with E-state index < -0.39 is 0 Å². The van der Waals surface area contributed by atoms with Gasteiger partial charge in [0.1, 0.15) is 0 Å². The molecule has 2 atom stereocenters. The number of hydrogen-bond acceptors (Lipinski definition) is 3. The van der Waals surface area contributed by atoms with Crippen molar-refractivity contribution in [2.75, 3.05) is 26.2 Å². The molecular weight excluding hydrogens is 383 g/mol. The Hall–Kier alpha value is -0.520. The van der Waals surface area contributed by atoms with Crippen molar-refractivity contribution in [1.29, 1.82) is 0 Å². The van der Waals surface area contributed by atoms with Crippen LogP contribution >= 0.6 is 35.6 Å². The Bertz CT molecular complexity index is 594. The number of rotatable bonds is 4. The molecule has 0 radical (unpaired) electrons. The summed E-state index contributed by atoms with van der Waals surface area (Å²) in [5, 5.41) is 11.0. The monoisotopic (exact) mass is 406 g/mol. The highest BCUT2D eigenvalue weighted by Gasteiger charge is 2.32. The minimum absolute atomic E-state index is 0. The maximum Gasteiger partial charge on any atom is 0.227 e. The van der Waals surface area contributed by atoms with Crippen molar-refractivity contribution in [3.05, 3.63) is 33.8 Å². The highest BCUT2D eigenvalue weighted by Crippen LogP contribution is 2.25. The molecule has 0 spiro atoms. The predicted octanol–water partition coefficient (Wildman–Crippen LogP) is 3.41. The van der Waals surface area contributed by atoms with Gasteiger partial charge in [-0.25, -0.2) is 0 Å². The molecule has 2 fully saturated rings. The van der Waals surface area contributed by atoms with Crippen LogP contribution in [0.15, 0.2) is 18.2 Å². The van der Waals surface area contributed by atoms with Gasteiger partial charge in [-0.1, -0.05) is 29.3 Å². The molecule has 1 aromatic rings. The molecule has 4 nitrogen and oxygen atoms in total. The van der Waals surface area contributed by atoms with E-state index in [9.17, 15) is 9.90 Å². The zero-order valence-electron chi connectivity index (χ0n) is 14.2. The van der Waals surface area contributed by atoms with E-state index in [0.29, 0.717) is 35.9 Å². The molecule has 2 aliphatic rings. The maximum atomic E-state index is 12.8. The van der Waals surface area contributed by atoms with Crippen molar-refractivity contribution in [2.24, 2.45) is 0 Å². The van der Waals surface area contributed by atoms with Gasteiger partial charge in [-0.2, -0.15) is 0 Å². The van der Waals surface area contributed by atoms with E-state index in [-0.39, 0.29) is 30.5 Å². The van der Waals surface area contributed by atoms with E-state index in [4.69, 9.17) is 23.2 Å². The fourth-order valence-electron chi connectivity index (χ4n) is 3.72. The molecule has 0 unspecified atom stereocenters. The van der Waals surface area contributed by atoms with Crippen molar-refractivity contribution < 1.29 is 9.90 Å². The summed E-state index contributed by atoms with van der Waals surface area (Å²) in [7, 11) is 0. The Morgan fingerprint density at radius 1 is 1.16 bits per heavy atom. The first-order valence-electron chi connectivity index (χ1n) is 8.67. The summed E-state index contributed by atoms with van der Waals surface area (Å²) in [6.45, 7) is 3.69. The molecule has 0 aliphatic carbocycles. The van der Waals surface area contributed by atoms with Gasteiger partial charge in [0.05, 0.1) is 22.6 Å². The summed E-state index contributed by atoms with van der Waals surface area (Å²) in [5.74, 6) is 0.101. The molecule has 2 heterocycles. The van der Waals surface area contributed by atoms with Crippen LogP contribution in [0.2, 0.25) is 10.0 Å². The van der Waals surface area contributed by atoms with Gasteiger partial charge in [-0.3, -0.25) is 4.79 Å². The van der Waals surface area contributed by atoms with Gasteiger partial charge in [0.15, 0.2) is 0 Å². The number of aliphatic hydroxyl groups is 1. The number of aliphatic hydroxyl groups excluding tert-OH is 1. The highest BCUT2D eigenvalue weighted by atomic mass is 35.5. The molecule has 7 heteroatoms. The highest BCUT2D eigenvalue weighted by molar-refractivity contribution is 6.42. The van der Waals surface area contributed by atoms with E-state index in [1.54, 1.807) is 12.1 Å². The molecule has 1 amide bonds. The molecule has 140 valence electrons. The van der Waals surface area contributed by atoms with Crippen LogP contribution < -0.4 is 0 Å². The maximum absolute atomic E-state index is 12.8. The number of carbonyl (C=O) groups is 1. The number of piperidine rings is 1. The van der Waals surface area contributed by atoms with E-state index in [2.05, 4.69) is 4.90 Å². The number of nitrogens with zero attached hydrogens (tertiary/aromatic N) is 2. The van der Waals surface area contributed by atoms with Gasteiger partial charge in [-0.05, 0) is 56.5 Å². The Labute approximate surface area is 165 Å². The SMILES string of the molecule is Cl.O=C(Cc1ccc(Cl)c(Cl)c1)N1CC[C@H](O)C[C@@H]1CN1CCCC1. The zero-order valence-corrected chi connectivity index (χ0v) is 16.5. The Balaban J connectivity index is 0.00000225. The summed E-state index contributed by atoms with van der Waals surface area (Å²) >= 11 is 12.0. The standard InChI is InChI=1S/C18H24Cl2N2O2.ClH/c19-16-4-3-13(9-17(16)20)10-18(24)22-8-5-15(23)11-14(22)12-21-6-1-2-7-21;/h3-4,9,14-15,23H,1-2,5-8,10-12H2;1H/t14-,15+;/m1./s1. The topological polar surface area (TPSA) is 43.8 Å². The van der Waals surface area contributed by atoms with Crippen molar-refractivity contribution in [3.63, 3.8) is 0 Å². The predicted molar refractivity (Wildman–Crippen MR) is 104 cm³/mol. The van der Waals surface area contributed by atoms with Gasteiger partial charge < -0.3 is 14.9 Å². The van der Waals surface area contributed by atoms with E-state index in [1.165, 1.54) is 12.8 Å². The van der Waals surface area contributed by atoms with Crippen molar-refractivity contribution >= 4 is 41.5 Å². The Morgan fingerprint density at radius 2 is 1.88 bits per heavy atom. The van der Waals surface area contributed by atoms with Gasteiger partial charge in [0.2, 0.25) is 5.91 Å². The summed E-state index contributed by atoms with van der Waals surface area (Å²) < 4.78 is 0. The van der Waals surface area contributed by atoms with Crippen LogP contribution in [0.1, 0.15) is 31.2 Å². The first-order valence-corrected chi connectivity index (χ1v) is 9.42. The second-order valence-electron chi connectivity index (χ2n) is 6.85. The summed E-state index contributed by atoms with van der Waals surface area (Å²) in [6.07, 6.45) is 3.81. The minimum Gasteiger partial charge on any atom is -0.393 e. The second-order valence-corrected chi connectivity index (χ2v) is 7.67. The fourth-order valence-corrected chi connectivity index (χ4v) is 4.04. The summed E-state index contributed by atoms with van der Waals surface area (Å²) in [6, 6.07) is 5.44. The molecule has 0 aromatic heterocycles. The number of carbonyl (C=O) groups excluding carboxylic acids is 1. The Morgan fingerprint density at radius 3 is 2.56 bits per heavy atom. The van der Waals surface area contributed by atoms with E-state index >= 15 is 0 Å². The largest absolute Gasteiger partial charge is 0.393 e. The van der Waals surface area contributed by atoms with Crippen LogP contribution in [0.3, 0.4) is 0 Å². The van der Waals surface area contributed by atoms with Crippen LogP contribution in [0.5, 0.6) is 0 Å². The number of benzene rings is 1. The van der Waals surface area contributed by atoms with Crippen LogP contribution in [-0.2, 0) is 11.2 Å². The zero-order chi connectivity index (χ0) is 17.1. The molecule has 2 saturated heterocycles. The first-order chi connectivity index (χ1) is 11.5. The van der Waals surface area contributed by atoms with Gasteiger partial charge >= 0.3 is 0 Å². The smallest absolute Gasteiger partial charge is 0.227 e. The van der Waals surface area contributed by atoms with Crippen molar-refractivity contribution in [3.8, 4) is 0 Å². The van der Waals surface area contributed by atoms with Crippen LogP contribution in [0.4, 0.5) is 0 Å². The molecule has 25 heavy (non-hydrogen) atoms. The van der Waals surface area contributed by atoms with Gasteiger partial charge in [0.25, 0.3) is 0 Å². The third kappa shape index (κ3) is 5.48. The average molecular weight is 408 g/mol. The third-order valence-electron chi connectivity index (χ3n) is 5.02. The number of halogens is 3. The van der Waals surface area contributed by atoms with Crippen molar-refractivity contribution in [2.45, 2.75) is 44.2 Å². The molecule has 1 N–H and O–H groups in total. The first kappa shape index (κ1) is 20.8. The number of likely N-dealkylation sites (tertiary alicyclic amines) is 2. The third-order valence-corrected chi connectivity index (χ3v) is 5.75. The number of amides is 1. The van der Waals surface area contributed by atoms with Crippen molar-refractivity contribution in [1.82, 2.24) is 9.80 Å². The van der Waals surface area contributed by atoms with Gasteiger partial charge in [0, 0.05) is 19.1 Å². The second kappa shape index (κ2) is 9.43. The average Bonchev–Trinajstić information content (AvgIpc) is 3.04. The van der Waals surface area contributed by atoms with Gasteiger partial charge in [-0.15, -0.1) is 12.4 Å². The molecule has 2 aliphatic heterocycles. The molecule has 3 rings (SSSR count). The lowest BCUT2D eigenvalue weighted by Gasteiger charge is -2.40. The fraction of sp³-hybridized carbons (Fsp3) is 0.611. The lowest BCUT2D eigenvalue weighted by molar-refractivity contribution is -0.136. The van der Waals surface area contributed by atoms with E-state index in [1.807, 2.05) is 11.0 Å². The lowest BCUT2D eigenvalue weighted by atomic mass is 9.97. The molecule has 0 bridgehead atoms. The van der Waals surface area contributed by atoms with E-state index in [0.717, 1.165) is 25.2 Å². The molecular formula is C18H25Cl3N2O2. The molecule has 1 aromatic carbocycles. The minimum atomic E-state index is -0.299. The Kier molecular flexibility index (Phi) is 7.84. The summed E-state index contributed by atoms with van der Waals surface area (Å²) in [4.78, 5) is 17.2. The lowest BCUT2D eigenvalue weighted by Crippen LogP contribution is -2.52. The van der Waals surface area contributed by atoms with Crippen LogP contribution in [-0.4, -0.2) is 59.1 Å². The number of hydrogen-bond donors (Lipinski definition) is 1. The molecule has 0 saturated carbocycles.